The van der Waals surface area contributed by atoms with Gasteiger partial charge in [0, 0.05) is 84.0 Å². The Labute approximate surface area is 521 Å². The third-order valence-corrected chi connectivity index (χ3v) is 20.2. The molecule has 0 radical (unpaired) electrons. The standard InChI is InChI=1S/C40H23N3S.C26H15NS.C14H9ClN2/c1-2-12-26(13-3-1)38-40(42-33-17-9-8-16-32(33)41-38)43-34-21-19-24-10-4-6-14-27(24)37(34)31-23-36-30(22-35(31)43)29-20-18-25-11-5-7-15-28(25)39(29)44-36;1-3-7-17-15(5-1)10-12-22-25(17)21-14-24-20(13-23(21)27-22)19-11-9-16-6-2-4-8-18(16)26(19)28-24;15-14-13(10-6-2-1-3-7-10)16-11-8-4-5-9-12(11)17-14/h1-23H;1-14,27H;1-9H. The van der Waals surface area contributed by atoms with Gasteiger partial charge in [0.2, 0.25) is 0 Å². The lowest BCUT2D eigenvalue weighted by Gasteiger charge is -2.14. The molecule has 14 aromatic carbocycles. The van der Waals surface area contributed by atoms with Crippen LogP contribution in [0.5, 0.6) is 0 Å². The lowest BCUT2D eigenvalue weighted by atomic mass is 10.0. The van der Waals surface area contributed by atoms with Crippen molar-refractivity contribution in [1.29, 1.82) is 0 Å². The Bertz CT molecular complexity index is 6270. The second-order valence-electron chi connectivity index (χ2n) is 22.6. The van der Waals surface area contributed by atoms with Crippen LogP contribution in [0.3, 0.4) is 0 Å². The molecule has 6 heterocycles. The van der Waals surface area contributed by atoms with Crippen molar-refractivity contribution in [3.63, 3.8) is 0 Å². The third-order valence-electron chi connectivity index (χ3n) is 17.5. The normalized spacial score (nSPS) is 11.9. The number of aromatic amines is 1. The summed E-state index contributed by atoms with van der Waals surface area (Å²) in [5.74, 6) is 0.842. The van der Waals surface area contributed by atoms with Gasteiger partial charge in [0.1, 0.15) is 11.4 Å². The maximum atomic E-state index is 6.16. The van der Waals surface area contributed by atoms with Crippen LogP contribution in [0.25, 0.3) is 177 Å². The summed E-state index contributed by atoms with van der Waals surface area (Å²) < 4.78 is 7.72. The second-order valence-corrected chi connectivity index (χ2v) is 25.1. The first-order valence-electron chi connectivity index (χ1n) is 29.7. The molecule has 20 aromatic rings. The van der Waals surface area contributed by atoms with Crippen LogP contribution in [0.15, 0.2) is 279 Å². The van der Waals surface area contributed by atoms with Gasteiger partial charge in [-0.2, -0.15) is 0 Å². The predicted molar refractivity (Wildman–Crippen MR) is 381 cm³/mol. The van der Waals surface area contributed by atoms with Crippen molar-refractivity contribution in [3.05, 3.63) is 284 Å². The van der Waals surface area contributed by atoms with Gasteiger partial charge in [0.05, 0.1) is 33.1 Å². The zero-order valence-corrected chi connectivity index (χ0v) is 49.9. The molecule has 0 aliphatic rings. The van der Waals surface area contributed by atoms with Crippen molar-refractivity contribution in [3.8, 4) is 28.3 Å². The van der Waals surface area contributed by atoms with E-state index in [1.807, 2.05) is 102 Å². The molecular weight excluding hydrogens is 1140 g/mol. The average molecular weight is 1190 g/mol. The second kappa shape index (κ2) is 20.7. The van der Waals surface area contributed by atoms with Crippen molar-refractivity contribution < 1.29 is 0 Å². The van der Waals surface area contributed by atoms with Crippen molar-refractivity contribution in [2.24, 2.45) is 0 Å². The van der Waals surface area contributed by atoms with Gasteiger partial charge in [0.25, 0.3) is 0 Å². The minimum absolute atomic E-state index is 0.440. The molecule has 6 nitrogen and oxygen atoms in total. The molecule has 0 aliphatic heterocycles. The summed E-state index contributed by atoms with van der Waals surface area (Å²) in [6, 6.07) is 98.4. The summed E-state index contributed by atoms with van der Waals surface area (Å²) in [6.45, 7) is 0. The minimum Gasteiger partial charge on any atom is -0.354 e. The van der Waals surface area contributed by atoms with Crippen molar-refractivity contribution in [2.45, 2.75) is 0 Å². The van der Waals surface area contributed by atoms with Crippen LogP contribution >= 0.6 is 34.3 Å². The van der Waals surface area contributed by atoms with Crippen LogP contribution in [0, 0.1) is 0 Å². The molecule has 0 saturated heterocycles. The van der Waals surface area contributed by atoms with E-state index in [1.54, 1.807) is 0 Å². The lowest BCUT2D eigenvalue weighted by Crippen LogP contribution is -2.03. The number of hydrogen-bond donors (Lipinski definition) is 1. The molecule has 416 valence electrons. The van der Waals surface area contributed by atoms with Crippen molar-refractivity contribution >= 4 is 183 Å². The van der Waals surface area contributed by atoms with Crippen LogP contribution in [-0.2, 0) is 0 Å². The number of aromatic nitrogens is 6. The molecule has 6 aromatic heterocycles. The van der Waals surface area contributed by atoms with Gasteiger partial charge in [-0.3, -0.25) is 4.57 Å². The summed E-state index contributed by atoms with van der Waals surface area (Å²) >= 11 is 9.96. The molecule has 0 saturated carbocycles. The van der Waals surface area contributed by atoms with Crippen LogP contribution in [0.2, 0.25) is 5.15 Å². The van der Waals surface area contributed by atoms with E-state index >= 15 is 0 Å². The molecule has 0 amide bonds. The summed E-state index contributed by atoms with van der Waals surface area (Å²) in [4.78, 5) is 23.1. The van der Waals surface area contributed by atoms with Crippen LogP contribution < -0.4 is 0 Å². The van der Waals surface area contributed by atoms with Gasteiger partial charge in [-0.05, 0) is 104 Å². The van der Waals surface area contributed by atoms with Crippen molar-refractivity contribution in [1.82, 2.24) is 29.5 Å². The molecule has 1 N–H and O–H groups in total. The monoisotopic (exact) mass is 1190 g/mol. The lowest BCUT2D eigenvalue weighted by molar-refractivity contribution is 1.08. The molecule has 0 aliphatic carbocycles. The first kappa shape index (κ1) is 51.4. The Morgan fingerprint density at radius 3 is 1.36 bits per heavy atom. The Kier molecular flexibility index (Phi) is 11.9. The summed E-state index contributed by atoms with van der Waals surface area (Å²) in [6.07, 6.45) is 0. The summed E-state index contributed by atoms with van der Waals surface area (Å²) in [5.41, 5.74) is 11.8. The number of halogens is 1. The minimum atomic E-state index is 0.440. The van der Waals surface area contributed by atoms with Gasteiger partial charge in [-0.1, -0.05) is 230 Å². The smallest absolute Gasteiger partial charge is 0.165 e. The number of nitrogens with one attached hydrogen (secondary N) is 1. The van der Waals surface area contributed by atoms with Gasteiger partial charge in [-0.25, -0.2) is 19.9 Å². The van der Waals surface area contributed by atoms with Gasteiger partial charge >= 0.3 is 0 Å². The van der Waals surface area contributed by atoms with E-state index in [-0.39, 0.29) is 0 Å². The third kappa shape index (κ3) is 8.44. The Hall–Kier alpha value is -10.9. The quantitative estimate of drug-likeness (QED) is 0.191. The summed E-state index contributed by atoms with van der Waals surface area (Å²) in [7, 11) is 0. The van der Waals surface area contributed by atoms with Gasteiger partial charge in [-0.15, -0.1) is 22.7 Å². The average Bonchev–Trinajstić information content (AvgIpc) is 1.59. The maximum absolute atomic E-state index is 6.16. The molecule has 20 rings (SSSR count). The largest absolute Gasteiger partial charge is 0.354 e. The first-order chi connectivity index (χ1) is 44.0. The van der Waals surface area contributed by atoms with Crippen LogP contribution in [0.1, 0.15) is 0 Å². The molecule has 0 atom stereocenters. The fourth-order valence-electron chi connectivity index (χ4n) is 13.4. The number of para-hydroxylation sites is 4. The molecular formula is C80H47ClN6S2. The Morgan fingerprint density at radius 2 is 0.753 bits per heavy atom. The highest BCUT2D eigenvalue weighted by Crippen LogP contribution is 2.46. The van der Waals surface area contributed by atoms with E-state index in [1.165, 1.54) is 116 Å². The van der Waals surface area contributed by atoms with E-state index in [4.69, 9.17) is 21.6 Å². The van der Waals surface area contributed by atoms with E-state index in [9.17, 15) is 0 Å². The Balaban J connectivity index is 0.000000112. The molecule has 9 heteroatoms. The number of fused-ring (bicyclic) bond motifs is 22. The van der Waals surface area contributed by atoms with E-state index in [0.29, 0.717) is 5.15 Å². The predicted octanol–water partition coefficient (Wildman–Crippen LogP) is 23.0. The highest BCUT2D eigenvalue weighted by Gasteiger charge is 2.23. The molecule has 0 unspecified atom stereocenters. The molecule has 0 fully saturated rings. The van der Waals surface area contributed by atoms with Crippen molar-refractivity contribution in [2.75, 3.05) is 0 Å². The summed E-state index contributed by atoms with van der Waals surface area (Å²) in [5, 5.41) is 21.1. The zero-order valence-electron chi connectivity index (χ0n) is 47.5. The number of benzene rings is 14. The highest BCUT2D eigenvalue weighted by molar-refractivity contribution is 7.27. The topological polar surface area (TPSA) is 72.3 Å². The number of rotatable bonds is 3. The van der Waals surface area contributed by atoms with E-state index < -0.39 is 0 Å². The van der Waals surface area contributed by atoms with Crippen LogP contribution in [0.4, 0.5) is 0 Å². The number of nitrogens with zero attached hydrogens (tertiary/aromatic N) is 5. The SMILES string of the molecule is Clc1nc2ccccc2nc1-c1ccccc1.c1ccc(-c2nc3ccccc3nc2-n2c3cc4c(cc3c3c5ccccc5ccc32)sc2c3ccccc3ccc42)cc1.c1ccc2c(c1)ccc1c3cc4[nH]c5ccc6ccccc6c5c4cc3sc21. The zero-order chi connectivity index (χ0) is 58.7. The Morgan fingerprint density at radius 1 is 0.303 bits per heavy atom. The maximum Gasteiger partial charge on any atom is 0.165 e. The van der Waals surface area contributed by atoms with Gasteiger partial charge < -0.3 is 4.98 Å². The van der Waals surface area contributed by atoms with Crippen LogP contribution in [-0.4, -0.2) is 29.5 Å². The highest BCUT2D eigenvalue weighted by atomic mass is 35.5. The number of hydrogen-bond acceptors (Lipinski definition) is 6. The van der Waals surface area contributed by atoms with E-state index in [0.717, 1.165) is 61.4 Å². The fourth-order valence-corrected chi connectivity index (χ4v) is 16.1. The molecule has 0 spiro atoms. The van der Waals surface area contributed by atoms with E-state index in [2.05, 4.69) is 220 Å². The molecule has 0 bridgehead atoms. The first-order valence-corrected chi connectivity index (χ1v) is 31.7. The molecule has 89 heavy (non-hydrogen) atoms. The fraction of sp³-hybridized carbons (Fsp3) is 0. The number of H-pyrrole nitrogens is 1. The number of thiophene rings is 2. The van der Waals surface area contributed by atoms with Gasteiger partial charge in [0.15, 0.2) is 11.0 Å².